The van der Waals surface area contributed by atoms with E-state index in [2.05, 4.69) is 10.1 Å². The van der Waals surface area contributed by atoms with Gasteiger partial charge in [0.25, 0.3) is 0 Å². The number of carbonyl (C=O) groups is 2. The highest BCUT2D eigenvalue weighted by atomic mass is 35.5. The first-order valence-electron chi connectivity index (χ1n) is 9.71. The Morgan fingerprint density at radius 2 is 1.81 bits per heavy atom. The lowest BCUT2D eigenvalue weighted by Crippen LogP contribution is -2.44. The summed E-state index contributed by atoms with van der Waals surface area (Å²) in [6.07, 6.45) is 1.09. The van der Waals surface area contributed by atoms with Crippen LogP contribution >= 0.6 is 34.8 Å². The number of nitrogens with zero attached hydrogens (tertiary/aromatic N) is 1. The largest absolute Gasteiger partial charge is 0.465 e. The molecule has 1 aliphatic rings. The number of sulfonamides is 1. The van der Waals surface area contributed by atoms with Crippen molar-refractivity contribution in [3.8, 4) is 0 Å². The van der Waals surface area contributed by atoms with Gasteiger partial charge in [-0.2, -0.15) is 0 Å². The van der Waals surface area contributed by atoms with Crippen LogP contribution in [0.25, 0.3) is 0 Å². The van der Waals surface area contributed by atoms with E-state index < -0.39 is 21.9 Å². The Balaban J connectivity index is 1.69. The molecule has 1 atom stereocenters. The van der Waals surface area contributed by atoms with Crippen LogP contribution in [-0.4, -0.2) is 44.8 Å². The van der Waals surface area contributed by atoms with Crippen molar-refractivity contribution >= 4 is 62.4 Å². The second kappa shape index (κ2) is 10.4. The molecule has 0 radical (unpaired) electrons. The van der Waals surface area contributed by atoms with Crippen LogP contribution in [0.5, 0.6) is 0 Å². The number of methoxy groups -OCH3 is 1. The number of carbonyl (C=O) groups excluding carboxylic acids is 2. The number of hydrogen-bond acceptors (Lipinski definition) is 5. The molecule has 2 aromatic rings. The monoisotopic (exact) mass is 518 g/mol. The van der Waals surface area contributed by atoms with Crippen LogP contribution in [-0.2, 0) is 25.3 Å². The summed E-state index contributed by atoms with van der Waals surface area (Å²) < 4.78 is 31.8. The van der Waals surface area contributed by atoms with Gasteiger partial charge in [-0.3, -0.25) is 4.79 Å². The molecule has 0 aromatic heterocycles. The summed E-state index contributed by atoms with van der Waals surface area (Å²) >= 11 is 17.9. The normalized spacial score (nSPS) is 17.1. The minimum absolute atomic E-state index is 0.0624. The maximum absolute atomic E-state index is 12.9. The maximum Gasteiger partial charge on any atom is 0.339 e. The zero-order chi connectivity index (χ0) is 23.5. The van der Waals surface area contributed by atoms with Gasteiger partial charge in [0, 0.05) is 18.8 Å². The third kappa shape index (κ3) is 5.94. The Morgan fingerprint density at radius 3 is 2.50 bits per heavy atom. The zero-order valence-electron chi connectivity index (χ0n) is 17.1. The fourth-order valence-electron chi connectivity index (χ4n) is 3.45. The number of piperidine rings is 1. The molecule has 32 heavy (non-hydrogen) atoms. The molecule has 7 nitrogen and oxygen atoms in total. The predicted octanol–water partition coefficient (Wildman–Crippen LogP) is 4.61. The molecule has 1 aliphatic heterocycles. The van der Waals surface area contributed by atoms with E-state index in [0.717, 1.165) is 0 Å². The first-order valence-corrected chi connectivity index (χ1v) is 12.5. The number of anilines is 1. The van der Waals surface area contributed by atoms with Crippen molar-refractivity contribution in [3.63, 3.8) is 0 Å². The summed E-state index contributed by atoms with van der Waals surface area (Å²) in [6, 6.07) is 9.16. The molecule has 1 N–H and O–H groups in total. The Kier molecular flexibility index (Phi) is 8.06. The highest BCUT2D eigenvalue weighted by Crippen LogP contribution is 2.27. The van der Waals surface area contributed by atoms with Crippen LogP contribution in [0.2, 0.25) is 15.1 Å². The SMILES string of the molecule is COC(=O)c1cc(NC(=O)[C@H]2CCCN(S(=O)(=O)Cc3ccc(Cl)c(Cl)c3)C2)ccc1Cl. The van der Waals surface area contributed by atoms with Crippen molar-refractivity contribution in [3.05, 3.63) is 62.6 Å². The van der Waals surface area contributed by atoms with Crippen LogP contribution in [0.4, 0.5) is 5.69 Å². The summed E-state index contributed by atoms with van der Waals surface area (Å²) in [6.45, 7) is 0.397. The van der Waals surface area contributed by atoms with Crippen molar-refractivity contribution in [1.82, 2.24) is 4.31 Å². The lowest BCUT2D eigenvalue weighted by molar-refractivity contribution is -0.120. The summed E-state index contributed by atoms with van der Waals surface area (Å²) in [5.41, 5.74) is 1.01. The molecule has 172 valence electrons. The Labute approximate surface area is 201 Å². The standard InChI is InChI=1S/C21H21Cl3N2O5S/c1-31-21(28)16-10-15(5-7-17(16)22)25-20(27)14-3-2-8-26(11-14)32(29,30)12-13-4-6-18(23)19(24)9-13/h4-7,9-10,14H,2-3,8,11-12H2,1H3,(H,25,27)/t14-/m0/s1. The quantitative estimate of drug-likeness (QED) is 0.563. The lowest BCUT2D eigenvalue weighted by Gasteiger charge is -2.31. The number of nitrogens with one attached hydrogen (secondary N) is 1. The average molecular weight is 520 g/mol. The number of ether oxygens (including phenoxy) is 1. The molecule has 2 aromatic carbocycles. The predicted molar refractivity (Wildman–Crippen MR) is 125 cm³/mol. The van der Waals surface area contributed by atoms with Crippen molar-refractivity contribution in [1.29, 1.82) is 0 Å². The average Bonchev–Trinajstić information content (AvgIpc) is 2.77. The molecule has 1 saturated heterocycles. The molecule has 0 unspecified atom stereocenters. The number of rotatable bonds is 6. The highest BCUT2D eigenvalue weighted by molar-refractivity contribution is 7.88. The molecule has 3 rings (SSSR count). The van der Waals surface area contributed by atoms with E-state index in [0.29, 0.717) is 35.7 Å². The van der Waals surface area contributed by atoms with Crippen molar-refractivity contribution in [2.75, 3.05) is 25.5 Å². The van der Waals surface area contributed by atoms with Crippen LogP contribution < -0.4 is 5.32 Å². The molecular weight excluding hydrogens is 499 g/mol. The first-order chi connectivity index (χ1) is 15.1. The molecule has 0 saturated carbocycles. The van der Waals surface area contributed by atoms with Gasteiger partial charge in [-0.1, -0.05) is 40.9 Å². The smallest absolute Gasteiger partial charge is 0.339 e. The molecule has 1 fully saturated rings. The number of esters is 1. The van der Waals surface area contributed by atoms with Gasteiger partial charge in [-0.25, -0.2) is 17.5 Å². The fraction of sp³-hybridized carbons (Fsp3) is 0.333. The van der Waals surface area contributed by atoms with E-state index in [-0.39, 0.29) is 33.8 Å². The minimum Gasteiger partial charge on any atom is -0.465 e. The van der Waals surface area contributed by atoms with Gasteiger partial charge < -0.3 is 10.1 Å². The van der Waals surface area contributed by atoms with Crippen molar-refractivity contribution < 1.29 is 22.7 Å². The first kappa shape index (κ1) is 24.8. The summed E-state index contributed by atoms with van der Waals surface area (Å²) in [5.74, 6) is -1.73. The van der Waals surface area contributed by atoms with Gasteiger partial charge in [-0.15, -0.1) is 0 Å². The molecule has 0 aliphatic carbocycles. The van der Waals surface area contributed by atoms with E-state index in [1.807, 2.05) is 0 Å². The molecule has 11 heteroatoms. The van der Waals surface area contributed by atoms with Gasteiger partial charge in [-0.05, 0) is 48.7 Å². The third-order valence-electron chi connectivity index (χ3n) is 5.12. The van der Waals surface area contributed by atoms with Gasteiger partial charge in [0.2, 0.25) is 15.9 Å². The summed E-state index contributed by atoms with van der Waals surface area (Å²) in [7, 11) is -2.42. The summed E-state index contributed by atoms with van der Waals surface area (Å²) in [5, 5.41) is 3.56. The van der Waals surface area contributed by atoms with E-state index >= 15 is 0 Å². The number of hydrogen-bond donors (Lipinski definition) is 1. The van der Waals surface area contributed by atoms with Crippen molar-refractivity contribution in [2.24, 2.45) is 5.92 Å². The number of benzene rings is 2. The molecule has 1 heterocycles. The molecule has 1 amide bonds. The fourth-order valence-corrected chi connectivity index (χ4v) is 5.57. The van der Waals surface area contributed by atoms with Gasteiger partial charge >= 0.3 is 5.97 Å². The molecule has 0 spiro atoms. The molecule has 0 bridgehead atoms. The van der Waals surface area contributed by atoms with Crippen LogP contribution in [0.15, 0.2) is 36.4 Å². The van der Waals surface area contributed by atoms with E-state index in [1.54, 1.807) is 18.2 Å². The zero-order valence-corrected chi connectivity index (χ0v) is 20.2. The third-order valence-corrected chi connectivity index (χ3v) is 8.01. The van der Waals surface area contributed by atoms with Gasteiger partial charge in [0.1, 0.15) is 0 Å². The Hall–Kier alpha value is -1.84. The van der Waals surface area contributed by atoms with Crippen LogP contribution in [0, 0.1) is 5.92 Å². The Morgan fingerprint density at radius 1 is 1.09 bits per heavy atom. The van der Waals surface area contributed by atoms with Gasteiger partial charge in [0.05, 0.1) is 39.4 Å². The maximum atomic E-state index is 12.9. The summed E-state index contributed by atoms with van der Waals surface area (Å²) in [4.78, 5) is 24.6. The molecular formula is C21H21Cl3N2O5S. The number of halogens is 3. The minimum atomic E-state index is -3.66. The van der Waals surface area contributed by atoms with E-state index in [4.69, 9.17) is 34.8 Å². The van der Waals surface area contributed by atoms with Crippen molar-refractivity contribution in [2.45, 2.75) is 18.6 Å². The Bertz CT molecular complexity index is 1140. The lowest BCUT2D eigenvalue weighted by atomic mass is 9.98. The topological polar surface area (TPSA) is 92.8 Å². The second-order valence-electron chi connectivity index (χ2n) is 7.38. The second-order valence-corrected chi connectivity index (χ2v) is 10.6. The number of amides is 1. The van der Waals surface area contributed by atoms with E-state index in [1.165, 1.54) is 29.6 Å². The van der Waals surface area contributed by atoms with Crippen LogP contribution in [0.3, 0.4) is 0 Å². The van der Waals surface area contributed by atoms with E-state index in [9.17, 15) is 18.0 Å². The van der Waals surface area contributed by atoms with Gasteiger partial charge in [0.15, 0.2) is 0 Å². The van der Waals surface area contributed by atoms with Crippen LogP contribution in [0.1, 0.15) is 28.8 Å². The highest BCUT2D eigenvalue weighted by Gasteiger charge is 2.32.